The number of hydrogen-bond acceptors (Lipinski definition) is 11. The molecule has 0 bridgehead atoms. The molecule has 47 heavy (non-hydrogen) atoms. The van der Waals surface area contributed by atoms with Crippen LogP contribution in [0.2, 0.25) is 6.82 Å². The fraction of sp³-hybridized carbons (Fsp3) is 0.471. The molecule has 12 nitrogen and oxygen atoms in total. The highest BCUT2D eigenvalue weighted by Gasteiger charge is 2.39. The van der Waals surface area contributed by atoms with Gasteiger partial charge >= 0.3 is 7.05 Å². The molecule has 3 aliphatic rings. The summed E-state index contributed by atoms with van der Waals surface area (Å²) in [5.74, 6) is 1.15. The molecular formula is C34H49BN8O4. The number of hydrogen-bond donors (Lipinski definition) is 2. The normalized spacial score (nSPS) is 17.5. The summed E-state index contributed by atoms with van der Waals surface area (Å²) in [5.41, 5.74) is 9.07. The van der Waals surface area contributed by atoms with E-state index in [2.05, 4.69) is 25.0 Å². The molecule has 3 fully saturated rings. The lowest BCUT2D eigenvalue weighted by molar-refractivity contribution is -0.142. The molecular weight excluding hydrogens is 595 g/mol. The first-order chi connectivity index (χ1) is 21.8. The second-order valence-electron chi connectivity index (χ2n) is 11.8. The van der Waals surface area contributed by atoms with Crippen LogP contribution in [0.4, 0.5) is 5.82 Å². The van der Waals surface area contributed by atoms with Gasteiger partial charge in [-0.3, -0.25) is 24.5 Å². The lowest BCUT2D eigenvalue weighted by atomic mass is 9.77. The summed E-state index contributed by atoms with van der Waals surface area (Å²) in [4.78, 5) is 48.4. The molecule has 0 unspecified atom stereocenters. The van der Waals surface area contributed by atoms with Crippen molar-refractivity contribution >= 4 is 30.3 Å². The highest BCUT2D eigenvalue weighted by Crippen LogP contribution is 2.27. The first kappa shape index (κ1) is 37.3. The third-order valence-corrected chi connectivity index (χ3v) is 8.61. The Morgan fingerprint density at radius 3 is 2.11 bits per heavy atom. The number of carbonyl (C=O) groups is 2. The maximum absolute atomic E-state index is 12.9. The molecule has 3 N–H and O–H groups in total. The number of Topliss-reactive ketones (excluding diaryl/α,β-unsaturated/α-hetero) is 1. The van der Waals surface area contributed by atoms with Gasteiger partial charge in [-0.15, -0.1) is 0 Å². The fourth-order valence-corrected chi connectivity index (χ4v) is 5.92. The number of nitrogens with two attached hydrogens (primary N) is 1. The molecule has 0 saturated carbocycles. The molecule has 252 valence electrons. The smallest absolute Gasteiger partial charge is 0.376 e. The molecule has 0 spiro atoms. The number of ketones is 1. The van der Waals surface area contributed by atoms with E-state index < -0.39 is 7.05 Å². The topological polar surface area (TPSA) is 150 Å². The van der Waals surface area contributed by atoms with E-state index in [0.29, 0.717) is 37.7 Å². The summed E-state index contributed by atoms with van der Waals surface area (Å²) in [5, 5.41) is 13.4. The van der Waals surface area contributed by atoms with Crippen LogP contribution in [0.3, 0.4) is 0 Å². The number of oxime groups is 1. The Morgan fingerprint density at radius 2 is 1.55 bits per heavy atom. The number of rotatable bonds is 9. The number of likely N-dealkylation sites (tertiary alicyclic amines) is 2. The summed E-state index contributed by atoms with van der Waals surface area (Å²) < 4.78 is 0. The van der Waals surface area contributed by atoms with Crippen LogP contribution in [-0.2, 0) is 16.2 Å². The summed E-state index contributed by atoms with van der Waals surface area (Å²) in [6.07, 6.45) is 6.89. The molecule has 0 radical (unpaired) electrons. The number of aromatic nitrogens is 3. The average Bonchev–Trinajstić information content (AvgIpc) is 3.00. The molecule has 0 aliphatic carbocycles. The lowest BCUT2D eigenvalue weighted by Gasteiger charge is -2.42. The van der Waals surface area contributed by atoms with Crippen molar-refractivity contribution in [3.63, 3.8) is 0 Å². The van der Waals surface area contributed by atoms with E-state index in [4.69, 9.17) is 10.6 Å². The van der Waals surface area contributed by atoms with Gasteiger partial charge in [-0.1, -0.05) is 32.1 Å². The maximum Gasteiger partial charge on any atom is 0.376 e. The largest absolute Gasteiger partial charge is 0.437 e. The third-order valence-electron chi connectivity index (χ3n) is 8.61. The van der Waals surface area contributed by atoms with Crippen molar-refractivity contribution in [3.8, 4) is 0 Å². The number of pyridine rings is 3. The zero-order valence-corrected chi connectivity index (χ0v) is 25.9. The van der Waals surface area contributed by atoms with Gasteiger partial charge in [0.15, 0.2) is 5.78 Å². The molecule has 3 saturated heterocycles. The Kier molecular flexibility index (Phi) is 14.0. The monoisotopic (exact) mass is 644 g/mol. The Balaban J connectivity index is 0.000000299. The van der Waals surface area contributed by atoms with Gasteiger partial charge in [0, 0.05) is 69.1 Å². The minimum Gasteiger partial charge on any atom is -0.437 e. The molecule has 13 heteroatoms. The Bertz CT molecular complexity index is 1440. The maximum atomic E-state index is 12.9. The fourth-order valence-electron chi connectivity index (χ4n) is 5.92. The molecule has 1 amide bonds. The predicted molar refractivity (Wildman–Crippen MR) is 185 cm³/mol. The van der Waals surface area contributed by atoms with Crippen LogP contribution in [-0.4, -0.2) is 105 Å². The third kappa shape index (κ3) is 9.66. The van der Waals surface area contributed by atoms with Gasteiger partial charge in [-0.25, -0.2) is 4.98 Å². The first-order valence-corrected chi connectivity index (χ1v) is 15.4. The number of anilines is 1. The molecule has 3 aromatic heterocycles. The van der Waals surface area contributed by atoms with Gasteiger partial charge in [0.1, 0.15) is 24.3 Å². The van der Waals surface area contributed by atoms with Gasteiger partial charge in [0.05, 0.1) is 5.69 Å². The number of carbonyl (C=O) groups excluding carboxylic acids is 2. The van der Waals surface area contributed by atoms with Crippen LogP contribution in [0.5, 0.6) is 0 Å². The van der Waals surface area contributed by atoms with Crippen LogP contribution < -0.4 is 5.73 Å². The van der Waals surface area contributed by atoms with Crippen molar-refractivity contribution in [1.82, 2.24) is 29.6 Å². The van der Waals surface area contributed by atoms with E-state index in [1.54, 1.807) is 44.7 Å². The second kappa shape index (κ2) is 17.6. The van der Waals surface area contributed by atoms with Crippen molar-refractivity contribution in [2.24, 2.45) is 22.9 Å². The van der Waals surface area contributed by atoms with E-state index in [9.17, 15) is 14.6 Å². The van der Waals surface area contributed by atoms with Gasteiger partial charge in [0.25, 0.3) is 0 Å². The average molecular weight is 645 g/mol. The quantitative estimate of drug-likeness (QED) is 0.154. The van der Waals surface area contributed by atoms with Crippen LogP contribution in [0, 0.1) is 17.8 Å². The summed E-state index contributed by atoms with van der Waals surface area (Å²) in [6, 6.07) is 15.0. The molecule has 6 rings (SSSR count). The molecule has 6 heterocycles. The standard InChI is InChI=1S/C22H28N6O2.C10H13BN2O2.2CH4/c1-30-26-21(19-4-2-3-8-24-19)18-14-28(15-18)22(29)17-6-10-27(11-7-17)13-16-5-9-25-20(23)12-16;1-11(15)13-6-8(7-13)10(14)9-4-2-3-5-12-9;;/h2-5,8-9,12,17-18H,6-7,10-11,13-15H2,1H3,(H2,23,25);2-5,8,15H,6-7H2,1H3;2*1H4/b26-21+;;;. The first-order valence-electron chi connectivity index (χ1n) is 15.4. The summed E-state index contributed by atoms with van der Waals surface area (Å²) in [7, 11) is 1.08. The highest BCUT2D eigenvalue weighted by molar-refractivity contribution is 6.45. The van der Waals surface area contributed by atoms with E-state index in [1.807, 2.05) is 46.1 Å². The minimum absolute atomic E-state index is 0. The van der Waals surface area contributed by atoms with E-state index in [1.165, 1.54) is 0 Å². The Morgan fingerprint density at radius 1 is 0.915 bits per heavy atom. The zero-order chi connectivity index (χ0) is 31.8. The lowest BCUT2D eigenvalue weighted by Crippen LogP contribution is -2.56. The number of piperidine rings is 1. The minimum atomic E-state index is -0.460. The Hall–Kier alpha value is -4.20. The van der Waals surface area contributed by atoms with Crippen molar-refractivity contribution in [3.05, 3.63) is 84.1 Å². The number of amides is 1. The van der Waals surface area contributed by atoms with Crippen molar-refractivity contribution in [2.45, 2.75) is 41.1 Å². The van der Waals surface area contributed by atoms with Crippen LogP contribution in [0.1, 0.15) is 49.4 Å². The molecule has 0 atom stereocenters. The molecule has 0 aromatic carbocycles. The summed E-state index contributed by atoms with van der Waals surface area (Å²) in [6.45, 7) is 7.00. The van der Waals surface area contributed by atoms with Gasteiger partial charge in [0.2, 0.25) is 5.91 Å². The number of nitrogens with zero attached hydrogens (tertiary/aromatic N) is 7. The molecule has 3 aliphatic heterocycles. The van der Waals surface area contributed by atoms with Crippen molar-refractivity contribution in [1.29, 1.82) is 0 Å². The van der Waals surface area contributed by atoms with Crippen molar-refractivity contribution in [2.75, 3.05) is 52.1 Å². The van der Waals surface area contributed by atoms with Gasteiger partial charge in [-0.05, 0) is 74.7 Å². The van der Waals surface area contributed by atoms with E-state index in [-0.39, 0.29) is 44.3 Å². The van der Waals surface area contributed by atoms with Crippen LogP contribution in [0.25, 0.3) is 0 Å². The predicted octanol–water partition coefficient (Wildman–Crippen LogP) is 3.36. The second-order valence-corrected chi connectivity index (χ2v) is 11.8. The van der Waals surface area contributed by atoms with Crippen LogP contribution in [0.15, 0.2) is 72.3 Å². The van der Waals surface area contributed by atoms with Gasteiger partial charge in [-0.2, -0.15) is 0 Å². The highest BCUT2D eigenvalue weighted by atomic mass is 16.6. The van der Waals surface area contributed by atoms with E-state index >= 15 is 0 Å². The SMILES string of the molecule is C.C.CB(O)N1CC(C(=O)c2ccccn2)C1.CO/N=C(/c1ccccn1)C1CN(C(=O)C2CCN(Cc3ccnc(N)c3)CC2)C1. The van der Waals surface area contributed by atoms with Crippen molar-refractivity contribution < 1.29 is 19.5 Å². The Labute approximate surface area is 279 Å². The van der Waals surface area contributed by atoms with Crippen LogP contribution >= 0.6 is 0 Å². The summed E-state index contributed by atoms with van der Waals surface area (Å²) >= 11 is 0. The number of nitrogen functional groups attached to an aromatic ring is 1. The van der Waals surface area contributed by atoms with Gasteiger partial charge < -0.3 is 25.3 Å². The zero-order valence-electron chi connectivity index (χ0n) is 25.9. The van der Waals surface area contributed by atoms with E-state index in [0.717, 1.165) is 49.4 Å². The molecule has 3 aromatic rings.